The Morgan fingerprint density at radius 2 is 1.09 bits per heavy atom. The third-order valence-corrected chi connectivity index (χ3v) is 4.36. The Hall–Kier alpha value is -2.38. The maximum Gasteiger partial charge on any atom is 0.140 e. The molecule has 0 heterocycles. The first-order valence-corrected chi connectivity index (χ1v) is 8.07. The van der Waals surface area contributed by atoms with Gasteiger partial charge in [-0.1, -0.05) is 98.8 Å². The molecule has 23 heavy (non-hydrogen) atoms. The van der Waals surface area contributed by atoms with E-state index in [-0.39, 0.29) is 0 Å². The molecule has 3 rings (SSSR count). The van der Waals surface area contributed by atoms with Crippen LogP contribution in [0.15, 0.2) is 84.9 Å². The first-order valence-electron chi connectivity index (χ1n) is 8.07. The highest BCUT2D eigenvalue weighted by molar-refractivity contribution is 5.50. The highest BCUT2D eigenvalue weighted by atomic mass is 16.3. The summed E-state index contributed by atoms with van der Waals surface area (Å²) in [5.41, 5.74) is 2.75. The molecule has 0 aliphatic rings. The van der Waals surface area contributed by atoms with Crippen LogP contribution in [0.25, 0.3) is 0 Å². The molecule has 1 heteroatoms. The molecule has 0 amide bonds. The Bertz CT molecular complexity index is 721. The topological polar surface area (TPSA) is 20.2 Å². The average molecular weight is 302 g/mol. The molecule has 1 N–H and O–H groups in total. The molecule has 0 aliphatic carbocycles. The molecule has 116 valence electrons. The molecule has 1 nitrogen and oxygen atoms in total. The van der Waals surface area contributed by atoms with Gasteiger partial charge in [-0.25, -0.2) is 0 Å². The molecule has 3 aromatic carbocycles. The summed E-state index contributed by atoms with van der Waals surface area (Å²) < 4.78 is 0. The first kappa shape index (κ1) is 15.5. The number of rotatable bonds is 4. The van der Waals surface area contributed by atoms with E-state index in [0.29, 0.717) is 5.92 Å². The standard InChI is InChI=1S/C22H22O/c1-17(2)20-15-9-10-16-21(20)22(23,18-11-5-3-6-12-18)19-13-7-4-8-14-19/h3-17,23H,1-2H3. The van der Waals surface area contributed by atoms with Gasteiger partial charge in [0.2, 0.25) is 0 Å². The molecule has 0 saturated heterocycles. The van der Waals surface area contributed by atoms with E-state index in [1.807, 2.05) is 78.9 Å². The smallest absolute Gasteiger partial charge is 0.140 e. The predicted octanol–water partition coefficient (Wildman–Crippen LogP) is 5.09. The third-order valence-electron chi connectivity index (χ3n) is 4.36. The van der Waals surface area contributed by atoms with E-state index in [9.17, 15) is 5.11 Å². The lowest BCUT2D eigenvalue weighted by Gasteiger charge is -2.33. The number of hydrogen-bond donors (Lipinski definition) is 1. The highest BCUT2D eigenvalue weighted by Gasteiger charge is 2.35. The van der Waals surface area contributed by atoms with Crippen molar-refractivity contribution in [2.45, 2.75) is 25.4 Å². The van der Waals surface area contributed by atoms with Gasteiger partial charge in [0.15, 0.2) is 0 Å². The normalized spacial score (nSPS) is 11.7. The quantitative estimate of drug-likeness (QED) is 0.665. The van der Waals surface area contributed by atoms with Crippen molar-refractivity contribution in [3.05, 3.63) is 107 Å². The van der Waals surface area contributed by atoms with Crippen LogP contribution in [0.1, 0.15) is 42.0 Å². The summed E-state index contributed by atoms with van der Waals surface area (Å²) in [7, 11) is 0. The lowest BCUT2D eigenvalue weighted by atomic mass is 9.76. The third kappa shape index (κ3) is 2.80. The van der Waals surface area contributed by atoms with Crippen LogP contribution in [0.3, 0.4) is 0 Å². The van der Waals surface area contributed by atoms with E-state index in [1.54, 1.807) is 0 Å². The summed E-state index contributed by atoms with van der Waals surface area (Å²) in [6.07, 6.45) is 0. The van der Waals surface area contributed by atoms with Crippen LogP contribution >= 0.6 is 0 Å². The summed E-state index contributed by atoms with van der Waals surface area (Å²) >= 11 is 0. The highest BCUT2D eigenvalue weighted by Crippen LogP contribution is 2.39. The predicted molar refractivity (Wildman–Crippen MR) is 95.5 cm³/mol. The molecule has 0 fully saturated rings. The van der Waals surface area contributed by atoms with Crippen molar-refractivity contribution in [1.29, 1.82) is 0 Å². The van der Waals surface area contributed by atoms with Crippen molar-refractivity contribution in [2.75, 3.05) is 0 Å². The maximum absolute atomic E-state index is 11.9. The molecule has 0 spiro atoms. The fourth-order valence-corrected chi connectivity index (χ4v) is 3.17. The van der Waals surface area contributed by atoms with E-state index in [1.165, 1.54) is 5.56 Å². The van der Waals surface area contributed by atoms with E-state index >= 15 is 0 Å². The lowest BCUT2D eigenvalue weighted by molar-refractivity contribution is 0.124. The minimum absolute atomic E-state index is 0.338. The Labute approximate surface area is 138 Å². The van der Waals surface area contributed by atoms with Gasteiger partial charge in [0, 0.05) is 0 Å². The molecule has 0 bridgehead atoms. The molecular weight excluding hydrogens is 280 g/mol. The summed E-state index contributed by atoms with van der Waals surface area (Å²) in [5.74, 6) is 0.338. The van der Waals surface area contributed by atoms with Crippen molar-refractivity contribution >= 4 is 0 Å². The second-order valence-electron chi connectivity index (χ2n) is 6.18. The minimum Gasteiger partial charge on any atom is -0.376 e. The van der Waals surface area contributed by atoms with Crippen molar-refractivity contribution in [3.8, 4) is 0 Å². The van der Waals surface area contributed by atoms with Gasteiger partial charge in [0.1, 0.15) is 5.60 Å². The van der Waals surface area contributed by atoms with Gasteiger partial charge in [-0.15, -0.1) is 0 Å². The van der Waals surface area contributed by atoms with E-state index in [2.05, 4.69) is 19.9 Å². The molecular formula is C22H22O. The summed E-state index contributed by atoms with van der Waals surface area (Å²) in [5, 5.41) is 11.9. The fourth-order valence-electron chi connectivity index (χ4n) is 3.17. The number of hydrogen-bond acceptors (Lipinski definition) is 1. The van der Waals surface area contributed by atoms with Crippen LogP contribution in [-0.2, 0) is 5.60 Å². The largest absolute Gasteiger partial charge is 0.376 e. The van der Waals surface area contributed by atoms with Gasteiger partial charge < -0.3 is 5.11 Å². The number of aliphatic hydroxyl groups is 1. The van der Waals surface area contributed by atoms with E-state index in [0.717, 1.165) is 16.7 Å². The van der Waals surface area contributed by atoms with Crippen molar-refractivity contribution < 1.29 is 5.11 Å². The van der Waals surface area contributed by atoms with Gasteiger partial charge in [-0.3, -0.25) is 0 Å². The van der Waals surface area contributed by atoms with Gasteiger partial charge >= 0.3 is 0 Å². The molecule has 0 aromatic heterocycles. The van der Waals surface area contributed by atoms with Gasteiger partial charge in [-0.05, 0) is 28.2 Å². The molecule has 0 radical (unpaired) electrons. The van der Waals surface area contributed by atoms with Crippen molar-refractivity contribution in [3.63, 3.8) is 0 Å². The molecule has 0 aliphatic heterocycles. The second kappa shape index (κ2) is 6.39. The molecule has 3 aromatic rings. The van der Waals surface area contributed by atoms with Crippen molar-refractivity contribution in [1.82, 2.24) is 0 Å². The Morgan fingerprint density at radius 3 is 1.57 bits per heavy atom. The Balaban J connectivity index is 2.30. The zero-order valence-corrected chi connectivity index (χ0v) is 13.6. The van der Waals surface area contributed by atoms with Crippen molar-refractivity contribution in [2.24, 2.45) is 0 Å². The van der Waals surface area contributed by atoms with Gasteiger partial charge in [0.25, 0.3) is 0 Å². The minimum atomic E-state index is -1.15. The summed E-state index contributed by atoms with van der Waals surface area (Å²) in [4.78, 5) is 0. The average Bonchev–Trinajstić information content (AvgIpc) is 2.62. The molecule has 0 atom stereocenters. The monoisotopic (exact) mass is 302 g/mol. The van der Waals surface area contributed by atoms with E-state index < -0.39 is 5.60 Å². The van der Waals surface area contributed by atoms with E-state index in [4.69, 9.17) is 0 Å². The fraction of sp³-hybridized carbons (Fsp3) is 0.182. The molecule has 0 unspecified atom stereocenters. The van der Waals surface area contributed by atoms with Crippen LogP contribution in [0, 0.1) is 0 Å². The number of benzene rings is 3. The summed E-state index contributed by atoms with van der Waals surface area (Å²) in [6.45, 7) is 4.32. The van der Waals surface area contributed by atoms with Crippen LogP contribution in [-0.4, -0.2) is 5.11 Å². The van der Waals surface area contributed by atoms with Crippen LogP contribution in [0.5, 0.6) is 0 Å². The SMILES string of the molecule is CC(C)c1ccccc1C(O)(c1ccccc1)c1ccccc1. The summed E-state index contributed by atoms with van der Waals surface area (Å²) in [6, 6.07) is 28.0. The van der Waals surface area contributed by atoms with Crippen LogP contribution < -0.4 is 0 Å². The Kier molecular flexibility index (Phi) is 4.31. The van der Waals surface area contributed by atoms with Gasteiger partial charge in [-0.2, -0.15) is 0 Å². The maximum atomic E-state index is 11.9. The lowest BCUT2D eigenvalue weighted by Crippen LogP contribution is -2.30. The first-order chi connectivity index (χ1) is 11.1. The van der Waals surface area contributed by atoms with Gasteiger partial charge in [0.05, 0.1) is 0 Å². The zero-order valence-electron chi connectivity index (χ0n) is 13.6. The van der Waals surface area contributed by atoms with Crippen LogP contribution in [0.4, 0.5) is 0 Å². The zero-order chi connectivity index (χ0) is 16.3. The Morgan fingerprint density at radius 1 is 0.652 bits per heavy atom. The van der Waals surface area contributed by atoms with Crippen LogP contribution in [0.2, 0.25) is 0 Å². The molecule has 0 saturated carbocycles. The second-order valence-corrected chi connectivity index (χ2v) is 6.18.